The van der Waals surface area contributed by atoms with Crippen molar-refractivity contribution < 1.29 is 22.4 Å². The smallest absolute Gasteiger partial charge is 0.359 e. The number of hydrogen-bond donors (Lipinski definition) is 1. The highest BCUT2D eigenvalue weighted by molar-refractivity contribution is 6.08. The van der Waals surface area contributed by atoms with Crippen LogP contribution in [0.15, 0.2) is 36.5 Å². The number of nitrogens with one attached hydrogen (secondary N) is 1. The van der Waals surface area contributed by atoms with Crippen molar-refractivity contribution in [3.05, 3.63) is 59.2 Å². The summed E-state index contributed by atoms with van der Waals surface area (Å²) in [6, 6.07) is 4.61. The number of alkyl halides is 3. The Morgan fingerprint density at radius 2 is 1.89 bits per heavy atom. The molecule has 2 nitrogen and oxygen atoms in total. The molecular weight excluding hydrogens is 250 g/mol. The van der Waals surface area contributed by atoms with Crippen molar-refractivity contribution in [2.24, 2.45) is 0 Å². The molecule has 94 valence electrons. The molecule has 0 aliphatic carbocycles. The van der Waals surface area contributed by atoms with Gasteiger partial charge in [0.1, 0.15) is 5.82 Å². The molecule has 1 aromatic carbocycles. The number of benzene rings is 1. The summed E-state index contributed by atoms with van der Waals surface area (Å²) in [5, 5.41) is 0. The summed E-state index contributed by atoms with van der Waals surface area (Å²) in [7, 11) is 0. The Balaban J connectivity index is 2.48. The predicted molar refractivity (Wildman–Crippen MR) is 55.6 cm³/mol. The Morgan fingerprint density at radius 1 is 1.17 bits per heavy atom. The van der Waals surface area contributed by atoms with Gasteiger partial charge in [-0.15, -0.1) is 0 Å². The molecule has 1 heterocycles. The van der Waals surface area contributed by atoms with Gasteiger partial charge in [-0.3, -0.25) is 4.79 Å². The van der Waals surface area contributed by atoms with Gasteiger partial charge in [0.15, 0.2) is 0 Å². The van der Waals surface area contributed by atoms with Crippen LogP contribution in [0.4, 0.5) is 17.6 Å². The quantitative estimate of drug-likeness (QED) is 0.649. The highest BCUT2D eigenvalue weighted by atomic mass is 19.4. The van der Waals surface area contributed by atoms with E-state index in [2.05, 4.69) is 4.98 Å². The first-order chi connectivity index (χ1) is 8.39. The number of ketones is 1. The first-order valence-corrected chi connectivity index (χ1v) is 4.94. The number of halogens is 4. The number of rotatable bonds is 2. The molecule has 0 atom stereocenters. The molecule has 0 fully saturated rings. The van der Waals surface area contributed by atoms with Crippen molar-refractivity contribution in [2.75, 3.05) is 0 Å². The minimum Gasteiger partial charge on any atom is -0.359 e. The third kappa shape index (κ3) is 2.27. The van der Waals surface area contributed by atoms with Gasteiger partial charge in [-0.2, -0.15) is 13.2 Å². The average Bonchev–Trinajstić information content (AvgIpc) is 2.80. The zero-order valence-electron chi connectivity index (χ0n) is 8.88. The SMILES string of the molecule is O=C(c1ccc[nH]1)c1cc(C(F)(F)F)ccc1F. The second-order valence-corrected chi connectivity index (χ2v) is 3.61. The summed E-state index contributed by atoms with van der Waals surface area (Å²) in [6.45, 7) is 0. The minimum atomic E-state index is -4.61. The molecule has 0 saturated carbocycles. The number of hydrogen-bond acceptors (Lipinski definition) is 1. The molecule has 0 spiro atoms. The number of H-pyrrole nitrogens is 1. The van der Waals surface area contributed by atoms with Gasteiger partial charge in [0.2, 0.25) is 5.78 Å². The second kappa shape index (κ2) is 4.29. The minimum absolute atomic E-state index is 0.0354. The second-order valence-electron chi connectivity index (χ2n) is 3.61. The van der Waals surface area contributed by atoms with Crippen molar-refractivity contribution in [3.63, 3.8) is 0 Å². The van der Waals surface area contributed by atoms with E-state index in [1.165, 1.54) is 18.3 Å². The van der Waals surface area contributed by atoms with Gasteiger partial charge in [0, 0.05) is 6.20 Å². The Kier molecular flexibility index (Phi) is 2.94. The van der Waals surface area contributed by atoms with Crippen LogP contribution in [0.5, 0.6) is 0 Å². The Labute approximate surface area is 99.3 Å². The summed E-state index contributed by atoms with van der Waals surface area (Å²) < 4.78 is 50.8. The molecule has 0 unspecified atom stereocenters. The molecule has 6 heteroatoms. The summed E-state index contributed by atoms with van der Waals surface area (Å²) in [6.07, 6.45) is -3.18. The largest absolute Gasteiger partial charge is 0.416 e. The third-order valence-electron chi connectivity index (χ3n) is 2.38. The van der Waals surface area contributed by atoms with E-state index in [0.29, 0.717) is 18.2 Å². The predicted octanol–water partition coefficient (Wildman–Crippen LogP) is 3.40. The lowest BCUT2D eigenvalue weighted by Gasteiger charge is -2.08. The molecule has 1 N–H and O–H groups in total. The van der Waals surface area contributed by atoms with Gasteiger partial charge in [-0.1, -0.05) is 0 Å². The topological polar surface area (TPSA) is 32.9 Å². The number of carbonyl (C=O) groups excluding carboxylic acids is 1. The summed E-state index contributed by atoms with van der Waals surface area (Å²) >= 11 is 0. The first-order valence-electron chi connectivity index (χ1n) is 4.94. The fraction of sp³-hybridized carbons (Fsp3) is 0.0833. The number of aromatic nitrogens is 1. The van der Waals surface area contributed by atoms with Gasteiger partial charge in [-0.25, -0.2) is 4.39 Å². The zero-order valence-corrected chi connectivity index (χ0v) is 8.88. The van der Waals surface area contributed by atoms with Gasteiger partial charge in [-0.05, 0) is 30.3 Å². The highest BCUT2D eigenvalue weighted by Crippen LogP contribution is 2.30. The third-order valence-corrected chi connectivity index (χ3v) is 2.38. The lowest BCUT2D eigenvalue weighted by atomic mass is 10.0. The average molecular weight is 257 g/mol. The lowest BCUT2D eigenvalue weighted by Crippen LogP contribution is -2.10. The number of carbonyl (C=O) groups is 1. The van der Waals surface area contributed by atoms with Crippen LogP contribution in [-0.2, 0) is 6.18 Å². The van der Waals surface area contributed by atoms with Crippen molar-refractivity contribution in [2.45, 2.75) is 6.18 Å². The van der Waals surface area contributed by atoms with Gasteiger partial charge >= 0.3 is 6.18 Å². The van der Waals surface area contributed by atoms with Crippen LogP contribution in [0.3, 0.4) is 0 Å². The molecule has 2 aromatic rings. The van der Waals surface area contributed by atoms with E-state index in [1.807, 2.05) is 0 Å². The van der Waals surface area contributed by atoms with E-state index in [9.17, 15) is 22.4 Å². The fourth-order valence-electron chi connectivity index (χ4n) is 1.49. The van der Waals surface area contributed by atoms with Crippen LogP contribution in [0.1, 0.15) is 21.6 Å². The standard InChI is InChI=1S/C12H7F4NO/c13-9-4-3-7(12(14,15)16)6-8(9)11(18)10-2-1-5-17-10/h1-6,17H. The van der Waals surface area contributed by atoms with Gasteiger partial charge < -0.3 is 4.98 Å². The van der Waals surface area contributed by atoms with Crippen molar-refractivity contribution >= 4 is 5.78 Å². The summed E-state index contributed by atoms with van der Waals surface area (Å²) in [5.74, 6) is -1.80. The monoisotopic (exact) mass is 257 g/mol. The van der Waals surface area contributed by atoms with Crippen LogP contribution >= 0.6 is 0 Å². The normalized spacial score (nSPS) is 11.6. The molecular formula is C12H7F4NO. The van der Waals surface area contributed by atoms with E-state index in [-0.39, 0.29) is 5.69 Å². The molecule has 0 saturated heterocycles. The molecule has 0 amide bonds. The maximum Gasteiger partial charge on any atom is 0.416 e. The maximum absolute atomic E-state index is 13.4. The van der Waals surface area contributed by atoms with E-state index >= 15 is 0 Å². The van der Waals surface area contributed by atoms with E-state index in [1.54, 1.807) is 0 Å². The molecule has 0 aliphatic rings. The molecule has 0 aliphatic heterocycles. The maximum atomic E-state index is 13.4. The molecule has 2 rings (SSSR count). The van der Waals surface area contributed by atoms with Gasteiger partial charge in [0.25, 0.3) is 0 Å². The van der Waals surface area contributed by atoms with E-state index in [0.717, 1.165) is 0 Å². The summed E-state index contributed by atoms with van der Waals surface area (Å²) in [4.78, 5) is 14.3. The van der Waals surface area contributed by atoms with Crippen molar-refractivity contribution in [1.29, 1.82) is 0 Å². The Bertz CT molecular complexity index is 572. The molecule has 0 bridgehead atoms. The van der Waals surface area contributed by atoms with Gasteiger partial charge in [0.05, 0.1) is 16.8 Å². The van der Waals surface area contributed by atoms with Crippen LogP contribution in [0, 0.1) is 5.82 Å². The molecule has 1 aromatic heterocycles. The Morgan fingerprint density at radius 3 is 2.44 bits per heavy atom. The number of aromatic amines is 1. The van der Waals surface area contributed by atoms with Crippen LogP contribution < -0.4 is 0 Å². The van der Waals surface area contributed by atoms with Crippen LogP contribution in [0.2, 0.25) is 0 Å². The van der Waals surface area contributed by atoms with Crippen LogP contribution in [-0.4, -0.2) is 10.8 Å². The lowest BCUT2D eigenvalue weighted by molar-refractivity contribution is -0.137. The van der Waals surface area contributed by atoms with Crippen molar-refractivity contribution in [3.8, 4) is 0 Å². The first kappa shape index (κ1) is 12.3. The van der Waals surface area contributed by atoms with E-state index < -0.39 is 28.9 Å². The van der Waals surface area contributed by atoms with E-state index in [4.69, 9.17) is 0 Å². The molecule has 18 heavy (non-hydrogen) atoms. The Hall–Kier alpha value is -2.11. The zero-order chi connectivity index (χ0) is 13.3. The van der Waals surface area contributed by atoms with Crippen LogP contribution in [0.25, 0.3) is 0 Å². The summed E-state index contributed by atoms with van der Waals surface area (Å²) in [5.41, 5.74) is -1.63. The highest BCUT2D eigenvalue weighted by Gasteiger charge is 2.32. The molecule has 0 radical (unpaired) electrons. The van der Waals surface area contributed by atoms with Crippen molar-refractivity contribution in [1.82, 2.24) is 4.98 Å². The fourth-order valence-corrected chi connectivity index (χ4v) is 1.49.